The number of carbonyl (C=O) groups excluding carboxylic acids is 1. The molecule has 1 amide bonds. The number of nitrogens with zero attached hydrogens (tertiary/aromatic N) is 2. The van der Waals surface area contributed by atoms with Crippen molar-refractivity contribution in [1.82, 2.24) is 14.6 Å². The summed E-state index contributed by atoms with van der Waals surface area (Å²) in [6, 6.07) is 5.45. The first kappa shape index (κ1) is 20.5. The second-order valence-corrected chi connectivity index (χ2v) is 7.73. The number of aliphatic hydroxyl groups excluding tert-OH is 2. The van der Waals surface area contributed by atoms with Crippen LogP contribution in [-0.2, 0) is 0 Å². The Bertz CT molecular complexity index is 1290. The van der Waals surface area contributed by atoms with Crippen LogP contribution in [-0.4, -0.2) is 70.1 Å². The van der Waals surface area contributed by atoms with Gasteiger partial charge in [-0.3, -0.25) is 9.69 Å². The first-order chi connectivity index (χ1) is 15.2. The molecule has 2 atom stereocenters. The highest BCUT2D eigenvalue weighted by Crippen LogP contribution is 2.42. The van der Waals surface area contributed by atoms with Gasteiger partial charge >= 0.3 is 11.9 Å². The largest absolute Gasteiger partial charge is 0.586 e. The Labute approximate surface area is 178 Å². The fraction of sp³-hybridized carbons (Fsp3) is 0.350. The standard InChI is InChI=1S/C20H18F2N4O6/c21-20(22)31-15-6-11-12(7-16(15)32-20)24-17-10(2-1-4-26(17)19(11)30)18(29)23-3-5-25-8-13(27)14(28)9-25/h1-2,4,6-7,13-14,27-28H,3,5,8-9H2,(H,23,29)/p+1/t13-,14-/m1/s1. The van der Waals surface area contributed by atoms with Gasteiger partial charge in [-0.05, 0) is 12.1 Å². The predicted octanol–water partition coefficient (Wildman–Crippen LogP) is -0.644. The van der Waals surface area contributed by atoms with Crippen molar-refractivity contribution >= 4 is 22.5 Å². The number of aliphatic hydroxyl groups is 2. The van der Waals surface area contributed by atoms with E-state index in [1.165, 1.54) is 34.9 Å². The lowest BCUT2D eigenvalue weighted by molar-refractivity contribution is -0.316. The number of pyridine rings is 1. The van der Waals surface area contributed by atoms with Crippen LogP contribution >= 0.6 is 0 Å². The lowest BCUT2D eigenvalue weighted by Gasteiger charge is -2.14. The average Bonchev–Trinajstić information content (AvgIpc) is 3.22. The summed E-state index contributed by atoms with van der Waals surface area (Å²) in [6.07, 6.45) is -3.98. The van der Waals surface area contributed by atoms with Gasteiger partial charge in [0.15, 0.2) is 11.5 Å². The smallest absolute Gasteiger partial charge is 0.395 e. The zero-order chi connectivity index (χ0) is 22.6. The van der Waals surface area contributed by atoms with E-state index in [9.17, 15) is 28.6 Å². The van der Waals surface area contributed by atoms with E-state index in [-0.39, 0.29) is 40.2 Å². The minimum absolute atomic E-state index is 0.0891. The minimum Gasteiger partial charge on any atom is -0.395 e. The SMILES string of the molecule is O=C(NCCN1C[C@@H](O)[C@H](O)C1)c1cccn2c(=O)c3cc4c(cc3[nH+]c12)OC(F)(F)O4. The number of carbonyl (C=O) groups is 1. The van der Waals surface area contributed by atoms with Gasteiger partial charge < -0.3 is 25.0 Å². The van der Waals surface area contributed by atoms with Crippen LogP contribution in [0.15, 0.2) is 35.3 Å². The highest BCUT2D eigenvalue weighted by atomic mass is 19.3. The number of hydrogen-bond donors (Lipinski definition) is 3. The van der Waals surface area contributed by atoms with Crippen molar-refractivity contribution in [2.24, 2.45) is 0 Å². The molecule has 3 aromatic rings. The normalized spacial score (nSPS) is 22.0. The number of aromatic nitrogens is 2. The molecule has 168 valence electrons. The number of likely N-dealkylation sites (tertiary alicyclic amines) is 1. The van der Waals surface area contributed by atoms with Crippen LogP contribution in [0.5, 0.6) is 11.5 Å². The number of halogens is 2. The molecule has 0 spiro atoms. The first-order valence-corrected chi connectivity index (χ1v) is 9.89. The molecule has 0 radical (unpaired) electrons. The van der Waals surface area contributed by atoms with Gasteiger partial charge in [0.1, 0.15) is 16.5 Å². The molecular formula is C20H19F2N4O6+. The third-order valence-electron chi connectivity index (χ3n) is 5.53. The highest BCUT2D eigenvalue weighted by Gasteiger charge is 2.44. The van der Waals surface area contributed by atoms with Crippen molar-refractivity contribution < 1.29 is 38.2 Å². The van der Waals surface area contributed by atoms with Crippen LogP contribution in [0.3, 0.4) is 0 Å². The predicted molar refractivity (Wildman–Crippen MR) is 105 cm³/mol. The van der Waals surface area contributed by atoms with Crippen LogP contribution in [0, 0.1) is 0 Å². The molecule has 4 heterocycles. The molecule has 1 aromatic carbocycles. The van der Waals surface area contributed by atoms with E-state index < -0.39 is 30.0 Å². The number of β-amino-alcohol motifs (C(OH)–C–C–N with tert-alkyl or cyclic N) is 2. The number of rotatable bonds is 4. The van der Waals surface area contributed by atoms with Crippen LogP contribution in [0.25, 0.3) is 16.6 Å². The summed E-state index contributed by atoms with van der Waals surface area (Å²) in [5.74, 6) is -0.927. The van der Waals surface area contributed by atoms with E-state index in [1.54, 1.807) is 0 Å². The Kier molecular flexibility index (Phi) is 4.73. The van der Waals surface area contributed by atoms with Crippen molar-refractivity contribution in [2.45, 2.75) is 18.5 Å². The first-order valence-electron chi connectivity index (χ1n) is 9.89. The third-order valence-corrected chi connectivity index (χ3v) is 5.53. The lowest BCUT2D eigenvalue weighted by atomic mass is 10.2. The molecular weight excluding hydrogens is 430 g/mol. The van der Waals surface area contributed by atoms with Gasteiger partial charge in [-0.25, -0.2) is 9.78 Å². The number of amides is 1. The number of hydrogen-bond acceptors (Lipinski definition) is 7. The van der Waals surface area contributed by atoms with Crippen molar-refractivity contribution in [3.63, 3.8) is 0 Å². The minimum atomic E-state index is -3.82. The number of H-pyrrole nitrogens is 1. The van der Waals surface area contributed by atoms with Crippen molar-refractivity contribution in [3.8, 4) is 11.5 Å². The summed E-state index contributed by atoms with van der Waals surface area (Å²) in [5, 5.41) is 22.0. The van der Waals surface area contributed by atoms with Gasteiger partial charge in [-0.15, -0.1) is 8.78 Å². The molecule has 0 unspecified atom stereocenters. The average molecular weight is 449 g/mol. The zero-order valence-corrected chi connectivity index (χ0v) is 16.5. The topological polar surface area (TPSA) is 127 Å². The summed E-state index contributed by atoms with van der Waals surface area (Å²) in [4.78, 5) is 30.5. The molecule has 4 N–H and O–H groups in total. The molecule has 2 aliphatic rings. The summed E-state index contributed by atoms with van der Waals surface area (Å²) < 4.78 is 36.8. The van der Waals surface area contributed by atoms with Crippen LogP contribution in [0.4, 0.5) is 8.78 Å². The lowest BCUT2D eigenvalue weighted by Crippen LogP contribution is -2.35. The van der Waals surface area contributed by atoms with Crippen molar-refractivity contribution in [3.05, 3.63) is 46.4 Å². The number of ether oxygens (including phenoxy) is 2. The number of fused-ring (bicyclic) bond motifs is 3. The molecule has 1 fully saturated rings. The quantitative estimate of drug-likeness (QED) is 0.452. The molecule has 2 aliphatic heterocycles. The van der Waals surface area contributed by atoms with E-state index in [0.29, 0.717) is 19.6 Å². The van der Waals surface area contributed by atoms with E-state index in [0.717, 1.165) is 0 Å². The molecule has 10 nitrogen and oxygen atoms in total. The molecule has 12 heteroatoms. The zero-order valence-electron chi connectivity index (χ0n) is 16.5. The summed E-state index contributed by atoms with van der Waals surface area (Å²) in [7, 11) is 0. The molecule has 1 saturated heterocycles. The Morgan fingerprint density at radius 2 is 1.91 bits per heavy atom. The molecule has 0 saturated carbocycles. The number of nitrogens with one attached hydrogen (secondary N) is 2. The van der Waals surface area contributed by atoms with Gasteiger partial charge in [0.05, 0.1) is 18.4 Å². The van der Waals surface area contributed by atoms with Crippen LogP contribution in [0.1, 0.15) is 10.4 Å². The second-order valence-electron chi connectivity index (χ2n) is 7.73. The fourth-order valence-electron chi connectivity index (χ4n) is 3.97. The van der Waals surface area contributed by atoms with Crippen LogP contribution < -0.4 is 25.3 Å². The second kappa shape index (κ2) is 7.36. The molecule has 0 bridgehead atoms. The van der Waals surface area contributed by atoms with E-state index in [1.807, 2.05) is 4.90 Å². The maximum absolute atomic E-state index is 13.4. The van der Waals surface area contributed by atoms with E-state index >= 15 is 0 Å². The van der Waals surface area contributed by atoms with Gasteiger partial charge in [0, 0.05) is 38.3 Å². The van der Waals surface area contributed by atoms with Gasteiger partial charge in [-0.2, -0.15) is 4.40 Å². The number of aromatic amines is 1. The summed E-state index contributed by atoms with van der Waals surface area (Å²) in [6.45, 7) is 1.31. The van der Waals surface area contributed by atoms with E-state index in [2.05, 4.69) is 19.8 Å². The number of benzene rings is 1. The Morgan fingerprint density at radius 3 is 2.62 bits per heavy atom. The highest BCUT2D eigenvalue weighted by molar-refractivity contribution is 5.99. The van der Waals surface area contributed by atoms with Crippen molar-refractivity contribution in [1.29, 1.82) is 0 Å². The Balaban J connectivity index is 1.44. The maximum Gasteiger partial charge on any atom is 0.586 e. The summed E-state index contributed by atoms with van der Waals surface area (Å²) >= 11 is 0. The van der Waals surface area contributed by atoms with Crippen LogP contribution in [0.2, 0.25) is 0 Å². The molecule has 32 heavy (non-hydrogen) atoms. The summed E-state index contributed by atoms with van der Waals surface area (Å²) in [5.41, 5.74) is 0.0385. The van der Waals surface area contributed by atoms with E-state index in [4.69, 9.17) is 0 Å². The molecule has 2 aromatic heterocycles. The fourth-order valence-corrected chi connectivity index (χ4v) is 3.97. The van der Waals surface area contributed by atoms with Crippen molar-refractivity contribution in [2.75, 3.05) is 26.2 Å². The molecule has 5 rings (SSSR count). The van der Waals surface area contributed by atoms with Gasteiger partial charge in [-0.1, -0.05) is 0 Å². The maximum atomic E-state index is 13.4. The monoisotopic (exact) mass is 449 g/mol. The van der Waals surface area contributed by atoms with Gasteiger partial charge in [0.2, 0.25) is 0 Å². The Morgan fingerprint density at radius 1 is 1.22 bits per heavy atom. The van der Waals surface area contributed by atoms with Gasteiger partial charge in [0.25, 0.3) is 11.6 Å². The third kappa shape index (κ3) is 3.51. The Hall–Kier alpha value is -3.35. The number of alkyl halides is 2. The molecule has 0 aliphatic carbocycles.